The highest BCUT2D eigenvalue weighted by molar-refractivity contribution is 7.99. The van der Waals surface area contributed by atoms with E-state index >= 15 is 0 Å². The normalized spacial score (nSPS) is 10.3. The minimum Gasteiger partial charge on any atom is -0.331 e. The van der Waals surface area contributed by atoms with Crippen molar-refractivity contribution in [3.05, 3.63) is 77.9 Å². The zero-order valence-electron chi connectivity index (χ0n) is 13.4. The highest BCUT2D eigenvalue weighted by Crippen LogP contribution is 2.25. The van der Waals surface area contributed by atoms with E-state index < -0.39 is 5.76 Å². The lowest BCUT2D eigenvalue weighted by Crippen LogP contribution is -2.30. The van der Waals surface area contributed by atoms with Gasteiger partial charge < -0.3 is 4.90 Å². The maximum Gasteiger partial charge on any atom is 0.288 e. The van der Waals surface area contributed by atoms with E-state index in [1.807, 2.05) is 6.07 Å². The number of carbonyl (C=O) groups is 1. The van der Waals surface area contributed by atoms with Crippen LogP contribution in [0.5, 0.6) is 0 Å². The summed E-state index contributed by atoms with van der Waals surface area (Å²) in [7, 11) is 0. The number of rotatable bonds is 7. The second kappa shape index (κ2) is 9.00. The Kier molecular flexibility index (Phi) is 6.72. The third kappa shape index (κ3) is 5.44. The Morgan fingerprint density at radius 2 is 1.84 bits per heavy atom. The van der Waals surface area contributed by atoms with Crippen molar-refractivity contribution in [2.75, 3.05) is 6.54 Å². The fourth-order valence-electron chi connectivity index (χ4n) is 2.24. The molecule has 3 nitrogen and oxygen atoms in total. The van der Waals surface area contributed by atoms with E-state index in [1.54, 1.807) is 47.4 Å². The van der Waals surface area contributed by atoms with E-state index in [0.717, 1.165) is 5.56 Å². The number of alkyl halides is 2. The molecule has 0 atom stereocenters. The summed E-state index contributed by atoms with van der Waals surface area (Å²) in [5, 5.41) is 8.83. The van der Waals surface area contributed by atoms with Gasteiger partial charge in [-0.3, -0.25) is 4.79 Å². The Morgan fingerprint density at radius 3 is 2.36 bits per heavy atom. The summed E-state index contributed by atoms with van der Waals surface area (Å²) in [6.45, 7) is 4.39. The van der Waals surface area contributed by atoms with Crippen LogP contribution in [0.2, 0.25) is 0 Å². The van der Waals surface area contributed by atoms with Crippen LogP contribution < -0.4 is 0 Å². The summed E-state index contributed by atoms with van der Waals surface area (Å²) in [6.07, 6.45) is 1.63. The van der Waals surface area contributed by atoms with Gasteiger partial charge in [-0.1, -0.05) is 30.0 Å². The fraction of sp³-hybridized carbons (Fsp3) is 0.158. The Balaban J connectivity index is 2.13. The Bertz CT molecular complexity index is 768. The van der Waals surface area contributed by atoms with Crippen LogP contribution in [0.3, 0.4) is 0 Å². The van der Waals surface area contributed by atoms with Gasteiger partial charge in [0.1, 0.15) is 0 Å². The molecule has 25 heavy (non-hydrogen) atoms. The first-order valence-corrected chi connectivity index (χ1v) is 8.35. The van der Waals surface area contributed by atoms with Crippen molar-refractivity contribution < 1.29 is 13.6 Å². The first-order valence-electron chi connectivity index (χ1n) is 7.47. The average molecular weight is 358 g/mol. The summed E-state index contributed by atoms with van der Waals surface area (Å²) < 4.78 is 24.7. The molecule has 1 amide bonds. The molecular formula is C19H16F2N2OS. The maximum atomic E-state index is 12.7. The van der Waals surface area contributed by atoms with Gasteiger partial charge >= 0.3 is 0 Å². The molecule has 128 valence electrons. The van der Waals surface area contributed by atoms with E-state index in [2.05, 4.69) is 6.58 Å². The van der Waals surface area contributed by atoms with Gasteiger partial charge in [0.2, 0.25) is 0 Å². The van der Waals surface area contributed by atoms with Crippen molar-refractivity contribution in [1.29, 1.82) is 5.26 Å². The molecule has 6 heteroatoms. The van der Waals surface area contributed by atoms with Gasteiger partial charge in [-0.05, 0) is 42.0 Å². The predicted molar refractivity (Wildman–Crippen MR) is 94.4 cm³/mol. The van der Waals surface area contributed by atoms with Gasteiger partial charge in [-0.25, -0.2) is 0 Å². The molecule has 0 aliphatic carbocycles. The van der Waals surface area contributed by atoms with Gasteiger partial charge in [0, 0.05) is 23.5 Å². The Labute approximate surface area is 149 Å². The van der Waals surface area contributed by atoms with Crippen LogP contribution in [-0.2, 0) is 6.54 Å². The third-order valence-electron chi connectivity index (χ3n) is 3.42. The zero-order chi connectivity index (χ0) is 18.2. The highest BCUT2D eigenvalue weighted by Gasteiger charge is 2.15. The third-order valence-corrected chi connectivity index (χ3v) is 4.14. The lowest BCUT2D eigenvalue weighted by molar-refractivity contribution is 0.0762. The van der Waals surface area contributed by atoms with E-state index in [-0.39, 0.29) is 5.91 Å². The molecule has 0 aliphatic rings. The molecule has 0 N–H and O–H groups in total. The second-order valence-electron chi connectivity index (χ2n) is 5.19. The van der Waals surface area contributed by atoms with Crippen molar-refractivity contribution >= 4 is 17.7 Å². The SMILES string of the molecule is C=CCN(Cc1ccc(C#N)cc1)C(=O)c1ccc(SC(F)F)cc1. The number of halogens is 2. The zero-order valence-corrected chi connectivity index (χ0v) is 14.2. The number of benzene rings is 2. The number of carbonyl (C=O) groups excluding carboxylic acids is 1. The topological polar surface area (TPSA) is 44.1 Å². The maximum absolute atomic E-state index is 12.7. The van der Waals surface area contributed by atoms with Crippen molar-refractivity contribution in [1.82, 2.24) is 4.90 Å². The van der Waals surface area contributed by atoms with Crippen LogP contribution >= 0.6 is 11.8 Å². The van der Waals surface area contributed by atoms with Crippen LogP contribution in [0.25, 0.3) is 0 Å². The molecule has 2 aromatic rings. The fourth-order valence-corrected chi connectivity index (χ4v) is 2.74. The minimum atomic E-state index is -2.49. The van der Waals surface area contributed by atoms with E-state index in [0.29, 0.717) is 40.9 Å². The van der Waals surface area contributed by atoms with Crippen LogP contribution in [-0.4, -0.2) is 23.1 Å². The number of nitriles is 1. The van der Waals surface area contributed by atoms with Crippen molar-refractivity contribution in [3.8, 4) is 6.07 Å². The van der Waals surface area contributed by atoms with Crippen LogP contribution in [0.15, 0.2) is 66.1 Å². The molecular weight excluding hydrogens is 342 g/mol. The summed E-state index contributed by atoms with van der Waals surface area (Å²) >= 11 is 0.443. The van der Waals surface area contributed by atoms with E-state index in [1.165, 1.54) is 12.1 Å². The molecule has 2 rings (SSSR count). The largest absolute Gasteiger partial charge is 0.331 e. The Morgan fingerprint density at radius 1 is 1.20 bits per heavy atom. The van der Waals surface area contributed by atoms with Crippen molar-refractivity contribution in [2.45, 2.75) is 17.2 Å². The van der Waals surface area contributed by atoms with Gasteiger partial charge in [0.25, 0.3) is 11.7 Å². The molecule has 0 aromatic heterocycles. The first-order chi connectivity index (χ1) is 12.0. The van der Waals surface area contributed by atoms with Gasteiger partial charge in [-0.15, -0.1) is 6.58 Å². The van der Waals surface area contributed by atoms with Crippen molar-refractivity contribution in [2.24, 2.45) is 0 Å². The molecule has 0 fully saturated rings. The molecule has 0 bridgehead atoms. The van der Waals surface area contributed by atoms with Gasteiger partial charge in [0.05, 0.1) is 11.6 Å². The lowest BCUT2D eigenvalue weighted by atomic mass is 10.1. The Hall–Kier alpha value is -2.65. The molecule has 0 heterocycles. The summed E-state index contributed by atoms with van der Waals surface area (Å²) in [5.41, 5.74) is 1.87. The molecule has 0 radical (unpaired) electrons. The second-order valence-corrected chi connectivity index (χ2v) is 6.25. The minimum absolute atomic E-state index is 0.210. The highest BCUT2D eigenvalue weighted by atomic mass is 32.2. The monoisotopic (exact) mass is 358 g/mol. The van der Waals surface area contributed by atoms with Crippen LogP contribution in [0, 0.1) is 11.3 Å². The number of thioether (sulfide) groups is 1. The average Bonchev–Trinajstić information content (AvgIpc) is 2.61. The molecule has 0 spiro atoms. The molecule has 0 aliphatic heterocycles. The number of nitrogens with zero attached hydrogens (tertiary/aromatic N) is 2. The quantitative estimate of drug-likeness (QED) is 0.532. The molecule has 2 aromatic carbocycles. The number of amides is 1. The van der Waals surface area contributed by atoms with E-state index in [9.17, 15) is 13.6 Å². The summed E-state index contributed by atoms with van der Waals surface area (Å²) in [4.78, 5) is 14.7. The lowest BCUT2D eigenvalue weighted by Gasteiger charge is -2.21. The van der Waals surface area contributed by atoms with Crippen molar-refractivity contribution in [3.63, 3.8) is 0 Å². The molecule has 0 saturated heterocycles. The standard InChI is InChI=1S/C19H16F2N2OS/c1-2-11-23(13-15-5-3-14(12-22)4-6-15)18(24)16-7-9-17(10-8-16)25-19(20)21/h2-10,19H,1,11,13H2. The summed E-state index contributed by atoms with van der Waals surface area (Å²) in [5.74, 6) is -2.70. The van der Waals surface area contributed by atoms with Gasteiger partial charge in [-0.2, -0.15) is 14.0 Å². The molecule has 0 unspecified atom stereocenters. The molecule has 0 saturated carbocycles. The first kappa shape index (κ1) is 18.7. The van der Waals surface area contributed by atoms with E-state index in [4.69, 9.17) is 5.26 Å². The van der Waals surface area contributed by atoms with Crippen LogP contribution in [0.1, 0.15) is 21.5 Å². The summed E-state index contributed by atoms with van der Waals surface area (Å²) in [6, 6.07) is 15.1. The number of hydrogen-bond donors (Lipinski definition) is 0. The van der Waals surface area contributed by atoms with Crippen LogP contribution in [0.4, 0.5) is 8.78 Å². The number of hydrogen-bond acceptors (Lipinski definition) is 3. The predicted octanol–water partition coefficient (Wildman–Crippen LogP) is 4.70. The smallest absolute Gasteiger partial charge is 0.288 e. The van der Waals surface area contributed by atoms with Gasteiger partial charge in [0.15, 0.2) is 0 Å².